The first-order chi connectivity index (χ1) is 15.2. The van der Waals surface area contributed by atoms with Gasteiger partial charge in [0.05, 0.1) is 19.9 Å². The molecule has 2 aromatic heterocycles. The number of nitrogens with one attached hydrogen (secondary N) is 1. The Morgan fingerprint density at radius 2 is 1.77 bits per heavy atom. The van der Waals surface area contributed by atoms with Crippen molar-refractivity contribution in [1.29, 1.82) is 0 Å². The van der Waals surface area contributed by atoms with Crippen LogP contribution >= 0.6 is 0 Å². The molecule has 0 atom stereocenters. The summed E-state index contributed by atoms with van der Waals surface area (Å²) >= 11 is 0. The number of aromatic nitrogens is 2. The van der Waals surface area contributed by atoms with Gasteiger partial charge in [-0.15, -0.1) is 0 Å². The Morgan fingerprint density at radius 3 is 2.52 bits per heavy atom. The number of methoxy groups -OCH3 is 2. The molecule has 0 amide bonds. The van der Waals surface area contributed by atoms with Gasteiger partial charge in [-0.2, -0.15) is 0 Å². The third kappa shape index (κ3) is 4.03. The van der Waals surface area contributed by atoms with Gasteiger partial charge in [0.25, 0.3) is 0 Å². The average molecular weight is 418 g/mol. The van der Waals surface area contributed by atoms with Gasteiger partial charge in [-0.05, 0) is 79.9 Å². The predicted molar refractivity (Wildman–Crippen MR) is 121 cm³/mol. The van der Waals surface area contributed by atoms with E-state index in [2.05, 4.69) is 28.2 Å². The lowest BCUT2D eigenvalue weighted by Crippen LogP contribution is -2.32. The lowest BCUT2D eigenvalue weighted by atomic mass is 9.89. The standard InChI is InChI=1S/C25H27N3O3/c1-29-20-5-3-18(4-6-20)25-27-19(16-31-25)15-28-11-9-17(10-12-28)23-14-26-24-8-7-21(30-2)13-22(23)24/h3-8,13-14,16-17,26H,9-12,15H2,1-2H3. The number of nitrogens with zero attached hydrogens (tertiary/aromatic N) is 2. The van der Waals surface area contributed by atoms with Crippen LogP contribution in [0.1, 0.15) is 30.0 Å². The smallest absolute Gasteiger partial charge is 0.226 e. The summed E-state index contributed by atoms with van der Waals surface area (Å²) in [7, 11) is 3.38. The Kier molecular flexibility index (Phi) is 5.38. The number of benzene rings is 2. The van der Waals surface area contributed by atoms with Crippen LogP contribution < -0.4 is 9.47 Å². The van der Waals surface area contributed by atoms with Crippen molar-refractivity contribution < 1.29 is 13.9 Å². The van der Waals surface area contributed by atoms with E-state index in [9.17, 15) is 0 Å². The number of oxazole rings is 1. The molecule has 1 fully saturated rings. The van der Waals surface area contributed by atoms with Crippen molar-refractivity contribution in [3.63, 3.8) is 0 Å². The van der Waals surface area contributed by atoms with Gasteiger partial charge in [0.2, 0.25) is 5.89 Å². The molecule has 0 aliphatic carbocycles. The highest BCUT2D eigenvalue weighted by molar-refractivity contribution is 5.85. The van der Waals surface area contributed by atoms with E-state index in [1.165, 1.54) is 16.5 Å². The van der Waals surface area contributed by atoms with E-state index in [1.54, 1.807) is 20.5 Å². The maximum atomic E-state index is 5.72. The third-order valence-electron chi connectivity index (χ3n) is 6.22. The number of H-pyrrole nitrogens is 1. The van der Waals surface area contributed by atoms with Crippen LogP contribution in [0.4, 0.5) is 0 Å². The fourth-order valence-corrected chi connectivity index (χ4v) is 4.46. The number of aromatic amines is 1. The fourth-order valence-electron chi connectivity index (χ4n) is 4.46. The Labute approximate surface area is 181 Å². The summed E-state index contributed by atoms with van der Waals surface area (Å²) < 4.78 is 16.4. The van der Waals surface area contributed by atoms with Crippen molar-refractivity contribution in [1.82, 2.24) is 14.9 Å². The zero-order chi connectivity index (χ0) is 21.2. The van der Waals surface area contributed by atoms with Crippen molar-refractivity contribution >= 4 is 10.9 Å². The van der Waals surface area contributed by atoms with E-state index in [1.807, 2.05) is 30.3 Å². The van der Waals surface area contributed by atoms with Crippen molar-refractivity contribution in [2.24, 2.45) is 0 Å². The second-order valence-corrected chi connectivity index (χ2v) is 8.08. The van der Waals surface area contributed by atoms with Crippen LogP contribution in [0.25, 0.3) is 22.4 Å². The van der Waals surface area contributed by atoms with Crippen molar-refractivity contribution in [2.75, 3.05) is 27.3 Å². The number of ether oxygens (including phenoxy) is 2. The van der Waals surface area contributed by atoms with Gasteiger partial charge in [-0.25, -0.2) is 4.98 Å². The number of piperidine rings is 1. The normalized spacial score (nSPS) is 15.4. The highest BCUT2D eigenvalue weighted by Crippen LogP contribution is 2.35. The molecule has 0 unspecified atom stereocenters. The van der Waals surface area contributed by atoms with Gasteiger partial charge >= 0.3 is 0 Å². The topological polar surface area (TPSA) is 63.5 Å². The molecule has 1 aliphatic heterocycles. The maximum Gasteiger partial charge on any atom is 0.226 e. The predicted octanol–water partition coefficient (Wildman–Crippen LogP) is 5.22. The first-order valence-electron chi connectivity index (χ1n) is 10.7. The molecular formula is C25H27N3O3. The second-order valence-electron chi connectivity index (χ2n) is 8.08. The highest BCUT2D eigenvalue weighted by atomic mass is 16.5. The zero-order valence-electron chi connectivity index (χ0n) is 17.9. The van der Waals surface area contributed by atoms with Crippen molar-refractivity contribution in [2.45, 2.75) is 25.3 Å². The molecule has 6 nitrogen and oxygen atoms in total. The summed E-state index contributed by atoms with van der Waals surface area (Å²) in [5.74, 6) is 2.95. The van der Waals surface area contributed by atoms with E-state index < -0.39 is 0 Å². The Morgan fingerprint density at radius 1 is 1.03 bits per heavy atom. The molecule has 3 heterocycles. The molecule has 1 N–H and O–H groups in total. The summed E-state index contributed by atoms with van der Waals surface area (Å²) in [6.45, 7) is 2.91. The number of hydrogen-bond acceptors (Lipinski definition) is 5. The van der Waals surface area contributed by atoms with Crippen LogP contribution in [0.2, 0.25) is 0 Å². The maximum absolute atomic E-state index is 5.72. The van der Waals surface area contributed by atoms with Crippen LogP contribution in [0.5, 0.6) is 11.5 Å². The largest absolute Gasteiger partial charge is 0.497 e. The first-order valence-corrected chi connectivity index (χ1v) is 10.7. The molecule has 6 heteroatoms. The summed E-state index contributed by atoms with van der Waals surface area (Å²) in [6, 6.07) is 14.0. The number of hydrogen-bond donors (Lipinski definition) is 1. The zero-order valence-corrected chi connectivity index (χ0v) is 17.9. The van der Waals surface area contributed by atoms with E-state index >= 15 is 0 Å². The van der Waals surface area contributed by atoms with Crippen LogP contribution in [0.15, 0.2) is 59.3 Å². The molecular weight excluding hydrogens is 390 g/mol. The van der Waals surface area contributed by atoms with E-state index in [-0.39, 0.29) is 0 Å². The molecule has 0 spiro atoms. The van der Waals surface area contributed by atoms with Crippen molar-refractivity contribution in [3.8, 4) is 23.0 Å². The molecule has 0 bridgehead atoms. The second kappa shape index (κ2) is 8.47. The molecule has 1 saturated heterocycles. The Hall–Kier alpha value is -3.25. The van der Waals surface area contributed by atoms with E-state index in [4.69, 9.17) is 18.9 Å². The van der Waals surface area contributed by atoms with Gasteiger partial charge < -0.3 is 18.9 Å². The quantitative estimate of drug-likeness (QED) is 0.466. The minimum Gasteiger partial charge on any atom is -0.497 e. The number of likely N-dealkylation sites (tertiary alicyclic amines) is 1. The average Bonchev–Trinajstić information content (AvgIpc) is 3.46. The van der Waals surface area contributed by atoms with Crippen LogP contribution in [0.3, 0.4) is 0 Å². The van der Waals surface area contributed by atoms with Crippen LogP contribution in [-0.2, 0) is 6.54 Å². The van der Waals surface area contributed by atoms with Crippen LogP contribution in [-0.4, -0.2) is 42.2 Å². The van der Waals surface area contributed by atoms with E-state index in [0.717, 1.165) is 55.2 Å². The van der Waals surface area contributed by atoms with Gasteiger partial charge in [0, 0.05) is 29.2 Å². The SMILES string of the molecule is COc1ccc(-c2nc(CN3CCC(c4c[nH]c5ccc(OC)cc45)CC3)co2)cc1. The first kappa shape index (κ1) is 19.7. The number of rotatable bonds is 6. The summed E-state index contributed by atoms with van der Waals surface area (Å²) in [5.41, 5.74) is 4.50. The molecule has 0 radical (unpaired) electrons. The molecule has 0 saturated carbocycles. The van der Waals surface area contributed by atoms with Gasteiger partial charge in [0.15, 0.2) is 0 Å². The summed E-state index contributed by atoms with van der Waals surface area (Å²) in [6.07, 6.45) is 6.21. The molecule has 4 aromatic rings. The minimum absolute atomic E-state index is 0.560. The summed E-state index contributed by atoms with van der Waals surface area (Å²) in [4.78, 5) is 10.6. The Balaban J connectivity index is 1.22. The van der Waals surface area contributed by atoms with Crippen LogP contribution in [0, 0.1) is 0 Å². The minimum atomic E-state index is 0.560. The van der Waals surface area contributed by atoms with Crippen molar-refractivity contribution in [3.05, 3.63) is 66.2 Å². The van der Waals surface area contributed by atoms with Gasteiger partial charge in [-0.1, -0.05) is 0 Å². The van der Waals surface area contributed by atoms with Gasteiger partial charge in [0.1, 0.15) is 17.8 Å². The highest BCUT2D eigenvalue weighted by Gasteiger charge is 2.23. The van der Waals surface area contributed by atoms with Gasteiger partial charge in [-0.3, -0.25) is 4.90 Å². The summed E-state index contributed by atoms with van der Waals surface area (Å²) in [5, 5.41) is 1.28. The van der Waals surface area contributed by atoms with E-state index in [0.29, 0.717) is 11.8 Å². The molecule has 1 aliphatic rings. The monoisotopic (exact) mass is 417 g/mol. The molecule has 160 valence electrons. The fraction of sp³-hybridized carbons (Fsp3) is 0.320. The molecule has 31 heavy (non-hydrogen) atoms. The Bertz CT molecular complexity index is 1150. The third-order valence-corrected chi connectivity index (χ3v) is 6.22. The lowest BCUT2D eigenvalue weighted by Gasteiger charge is -2.31. The molecule has 2 aromatic carbocycles. The lowest BCUT2D eigenvalue weighted by molar-refractivity contribution is 0.203. The molecule has 5 rings (SSSR count). The number of fused-ring (bicyclic) bond motifs is 1.